The van der Waals surface area contributed by atoms with E-state index in [0.29, 0.717) is 12.1 Å². The van der Waals surface area contributed by atoms with Gasteiger partial charge >= 0.3 is 0 Å². The number of nitrogens with zero attached hydrogens (tertiary/aromatic N) is 2. The van der Waals surface area contributed by atoms with Crippen molar-refractivity contribution in [2.75, 3.05) is 17.3 Å². The van der Waals surface area contributed by atoms with Crippen LogP contribution >= 0.6 is 11.8 Å². The molecule has 0 bridgehead atoms. The van der Waals surface area contributed by atoms with Crippen molar-refractivity contribution in [3.8, 4) is 0 Å². The molecule has 0 saturated heterocycles. The van der Waals surface area contributed by atoms with Gasteiger partial charge in [-0.15, -0.1) is 0 Å². The van der Waals surface area contributed by atoms with E-state index in [1.54, 1.807) is 0 Å². The fraction of sp³-hybridized carbons (Fsp3) is 0.727. The van der Waals surface area contributed by atoms with Crippen LogP contribution in [-0.4, -0.2) is 27.6 Å². The van der Waals surface area contributed by atoms with Crippen molar-refractivity contribution in [1.29, 1.82) is 0 Å². The quantitative estimate of drug-likeness (QED) is 0.810. The van der Waals surface area contributed by atoms with E-state index >= 15 is 0 Å². The van der Waals surface area contributed by atoms with Gasteiger partial charge in [0.1, 0.15) is 0 Å². The largest absolute Gasteiger partial charge is 0.353 e. The predicted octanol–water partition coefficient (Wildman–Crippen LogP) is 3.02. The molecule has 86 valence electrons. The van der Waals surface area contributed by atoms with Crippen molar-refractivity contribution in [2.24, 2.45) is 0 Å². The SMILES string of the molecule is CSCCC(C)Nc1nccn1C(C)C. The maximum atomic E-state index is 4.33. The molecular formula is C11H21N3S. The number of nitrogens with one attached hydrogen (secondary N) is 1. The average Bonchev–Trinajstić information content (AvgIpc) is 2.62. The van der Waals surface area contributed by atoms with E-state index in [-0.39, 0.29) is 0 Å². The summed E-state index contributed by atoms with van der Waals surface area (Å²) in [5.74, 6) is 2.18. The number of thioether (sulfide) groups is 1. The van der Waals surface area contributed by atoms with Crippen LogP contribution in [-0.2, 0) is 0 Å². The monoisotopic (exact) mass is 227 g/mol. The van der Waals surface area contributed by atoms with Crippen LogP contribution in [0.5, 0.6) is 0 Å². The Bertz CT molecular complexity index is 283. The molecule has 1 aromatic rings. The van der Waals surface area contributed by atoms with Crippen molar-refractivity contribution < 1.29 is 0 Å². The van der Waals surface area contributed by atoms with Crippen LogP contribution in [0.3, 0.4) is 0 Å². The van der Waals surface area contributed by atoms with Crippen LogP contribution in [0.15, 0.2) is 12.4 Å². The maximum Gasteiger partial charge on any atom is 0.203 e. The Labute approximate surface area is 96.7 Å². The van der Waals surface area contributed by atoms with E-state index in [1.807, 2.05) is 24.2 Å². The number of aromatic nitrogens is 2. The second-order valence-electron chi connectivity index (χ2n) is 4.08. The zero-order valence-electron chi connectivity index (χ0n) is 10.0. The fourth-order valence-electron chi connectivity index (χ4n) is 1.43. The molecule has 0 spiro atoms. The van der Waals surface area contributed by atoms with Gasteiger partial charge in [0.15, 0.2) is 0 Å². The first-order valence-corrected chi connectivity index (χ1v) is 6.82. The second kappa shape index (κ2) is 6.05. The standard InChI is InChI=1S/C11H21N3S/c1-9(2)14-7-6-12-11(14)13-10(3)5-8-15-4/h6-7,9-10H,5,8H2,1-4H3,(H,12,13). The average molecular weight is 227 g/mol. The Morgan fingerprint density at radius 3 is 2.80 bits per heavy atom. The minimum absolute atomic E-state index is 0.461. The highest BCUT2D eigenvalue weighted by Gasteiger charge is 2.08. The lowest BCUT2D eigenvalue weighted by Gasteiger charge is -2.17. The Kier molecular flexibility index (Phi) is 5.02. The first-order valence-electron chi connectivity index (χ1n) is 5.43. The number of hydrogen-bond acceptors (Lipinski definition) is 3. The van der Waals surface area contributed by atoms with Crippen LogP contribution in [0.4, 0.5) is 5.95 Å². The van der Waals surface area contributed by atoms with E-state index in [9.17, 15) is 0 Å². The molecule has 4 heteroatoms. The van der Waals surface area contributed by atoms with Crippen LogP contribution in [0.1, 0.15) is 33.2 Å². The first-order chi connectivity index (χ1) is 7.15. The minimum Gasteiger partial charge on any atom is -0.353 e. The molecule has 3 nitrogen and oxygen atoms in total. The Hall–Kier alpha value is -0.640. The maximum absolute atomic E-state index is 4.33. The van der Waals surface area contributed by atoms with E-state index in [1.165, 1.54) is 12.2 Å². The summed E-state index contributed by atoms with van der Waals surface area (Å²) in [6, 6.07) is 0.945. The highest BCUT2D eigenvalue weighted by molar-refractivity contribution is 7.98. The number of anilines is 1. The minimum atomic E-state index is 0.461. The second-order valence-corrected chi connectivity index (χ2v) is 5.06. The Morgan fingerprint density at radius 1 is 1.47 bits per heavy atom. The number of hydrogen-bond donors (Lipinski definition) is 1. The van der Waals surface area contributed by atoms with Crippen molar-refractivity contribution in [2.45, 2.75) is 39.3 Å². The van der Waals surface area contributed by atoms with Crippen LogP contribution in [0.2, 0.25) is 0 Å². The van der Waals surface area contributed by atoms with Gasteiger partial charge in [-0.05, 0) is 39.2 Å². The molecule has 15 heavy (non-hydrogen) atoms. The van der Waals surface area contributed by atoms with Gasteiger partial charge in [0.05, 0.1) is 0 Å². The van der Waals surface area contributed by atoms with Crippen LogP contribution in [0.25, 0.3) is 0 Å². The van der Waals surface area contributed by atoms with Gasteiger partial charge in [-0.1, -0.05) is 0 Å². The van der Waals surface area contributed by atoms with Gasteiger partial charge < -0.3 is 9.88 Å². The topological polar surface area (TPSA) is 29.9 Å². The summed E-state index contributed by atoms with van der Waals surface area (Å²) in [6.45, 7) is 6.54. The van der Waals surface area contributed by atoms with E-state index in [0.717, 1.165) is 5.95 Å². The van der Waals surface area contributed by atoms with Crippen LogP contribution in [0, 0.1) is 0 Å². The molecule has 0 aliphatic rings. The molecule has 0 radical (unpaired) electrons. The molecule has 1 aromatic heterocycles. The zero-order chi connectivity index (χ0) is 11.3. The molecule has 1 heterocycles. The van der Waals surface area contributed by atoms with Gasteiger partial charge in [0.25, 0.3) is 0 Å². The summed E-state index contributed by atoms with van der Waals surface area (Å²) in [6.07, 6.45) is 7.19. The van der Waals surface area contributed by atoms with Crippen molar-refractivity contribution in [1.82, 2.24) is 9.55 Å². The zero-order valence-corrected chi connectivity index (χ0v) is 10.8. The van der Waals surface area contributed by atoms with Crippen molar-refractivity contribution in [3.63, 3.8) is 0 Å². The van der Waals surface area contributed by atoms with Crippen molar-refractivity contribution >= 4 is 17.7 Å². The summed E-state index contributed by atoms with van der Waals surface area (Å²) in [5.41, 5.74) is 0. The molecule has 0 fully saturated rings. The lowest BCUT2D eigenvalue weighted by molar-refractivity contribution is 0.597. The number of imidazole rings is 1. The Balaban J connectivity index is 2.52. The van der Waals surface area contributed by atoms with E-state index in [2.05, 4.69) is 41.9 Å². The van der Waals surface area contributed by atoms with Crippen LogP contribution < -0.4 is 5.32 Å². The smallest absolute Gasteiger partial charge is 0.203 e. The summed E-state index contributed by atoms with van der Waals surface area (Å²) in [4.78, 5) is 4.33. The van der Waals surface area contributed by atoms with Gasteiger partial charge in [-0.2, -0.15) is 11.8 Å². The molecule has 1 atom stereocenters. The molecule has 1 unspecified atom stereocenters. The van der Waals surface area contributed by atoms with Gasteiger partial charge in [0, 0.05) is 24.5 Å². The molecular weight excluding hydrogens is 206 g/mol. The predicted molar refractivity (Wildman–Crippen MR) is 68.7 cm³/mol. The Morgan fingerprint density at radius 2 is 2.20 bits per heavy atom. The summed E-state index contributed by atoms with van der Waals surface area (Å²) < 4.78 is 2.16. The highest BCUT2D eigenvalue weighted by Crippen LogP contribution is 2.14. The molecule has 0 amide bonds. The summed E-state index contributed by atoms with van der Waals surface area (Å²) >= 11 is 1.89. The van der Waals surface area contributed by atoms with Gasteiger partial charge in [-0.3, -0.25) is 0 Å². The normalized spacial score (nSPS) is 13.1. The highest BCUT2D eigenvalue weighted by atomic mass is 32.2. The third-order valence-corrected chi connectivity index (χ3v) is 3.00. The molecule has 0 aliphatic carbocycles. The molecule has 1 N–H and O–H groups in total. The third kappa shape index (κ3) is 3.78. The van der Waals surface area contributed by atoms with E-state index in [4.69, 9.17) is 0 Å². The molecule has 1 rings (SSSR count). The lowest BCUT2D eigenvalue weighted by Crippen LogP contribution is -2.19. The lowest BCUT2D eigenvalue weighted by atomic mass is 10.3. The molecule has 0 aliphatic heterocycles. The molecule has 0 aromatic carbocycles. The van der Waals surface area contributed by atoms with Gasteiger partial charge in [0.2, 0.25) is 5.95 Å². The summed E-state index contributed by atoms with van der Waals surface area (Å²) in [5, 5.41) is 3.45. The van der Waals surface area contributed by atoms with E-state index < -0.39 is 0 Å². The number of rotatable bonds is 6. The summed E-state index contributed by atoms with van der Waals surface area (Å²) in [7, 11) is 0. The third-order valence-electron chi connectivity index (χ3n) is 2.36. The first kappa shape index (κ1) is 12.4. The van der Waals surface area contributed by atoms with Crippen molar-refractivity contribution in [3.05, 3.63) is 12.4 Å². The molecule has 0 saturated carbocycles. The fourth-order valence-corrected chi connectivity index (χ4v) is 2.02. The van der Waals surface area contributed by atoms with Gasteiger partial charge in [-0.25, -0.2) is 4.98 Å².